The summed E-state index contributed by atoms with van der Waals surface area (Å²) in [6.45, 7) is 0. The maximum Gasteiger partial charge on any atom is 0.209 e. The minimum Gasteiger partial charge on any atom is -0.493 e. The molecule has 0 spiro atoms. The number of nitrogens with one attached hydrogen (secondary N) is 1. The summed E-state index contributed by atoms with van der Waals surface area (Å²) in [5.74, 6) is 0.0498. The number of imidazole rings is 1. The molecule has 0 atom stereocenters. The van der Waals surface area contributed by atoms with Gasteiger partial charge in [0.25, 0.3) is 0 Å². The maximum absolute atomic E-state index is 9.26. The summed E-state index contributed by atoms with van der Waals surface area (Å²) in [6.07, 6.45) is 1.48. The lowest BCUT2D eigenvalue weighted by atomic mass is 10.1. The van der Waals surface area contributed by atoms with Crippen LogP contribution in [-0.2, 0) is 0 Å². The van der Waals surface area contributed by atoms with Crippen LogP contribution in [0.1, 0.15) is 0 Å². The first-order valence-electron chi connectivity index (χ1n) is 4.87. The molecule has 0 saturated carbocycles. The van der Waals surface area contributed by atoms with E-state index < -0.39 is 0 Å². The highest BCUT2D eigenvalue weighted by atomic mass is 16.3. The number of hydrogen-bond donors (Lipinski definition) is 3. The highest BCUT2D eigenvalue weighted by Crippen LogP contribution is 2.28. The van der Waals surface area contributed by atoms with Gasteiger partial charge in [-0.2, -0.15) is 5.10 Å². The van der Waals surface area contributed by atoms with E-state index in [0.29, 0.717) is 17.0 Å². The van der Waals surface area contributed by atoms with Gasteiger partial charge in [0.2, 0.25) is 5.88 Å². The van der Waals surface area contributed by atoms with E-state index in [1.54, 1.807) is 0 Å². The predicted octanol–water partition coefficient (Wildman–Crippen LogP) is 1.62. The molecule has 80 valence electrons. The number of rotatable bonds is 1. The number of fused-ring (bicyclic) bond motifs is 1. The van der Waals surface area contributed by atoms with Crippen LogP contribution >= 0.6 is 0 Å². The second kappa shape index (κ2) is 3.03. The highest BCUT2D eigenvalue weighted by molar-refractivity contribution is 5.83. The Morgan fingerprint density at radius 2 is 2.00 bits per heavy atom. The van der Waals surface area contributed by atoms with Gasteiger partial charge in [-0.15, -0.1) is 0 Å². The molecule has 0 aliphatic heterocycles. The smallest absolute Gasteiger partial charge is 0.209 e. The van der Waals surface area contributed by atoms with Crippen molar-refractivity contribution in [2.45, 2.75) is 0 Å². The van der Waals surface area contributed by atoms with Crippen molar-refractivity contribution in [2.24, 2.45) is 0 Å². The van der Waals surface area contributed by atoms with Gasteiger partial charge < -0.3 is 15.8 Å². The number of nitrogens with zero attached hydrogens (tertiary/aromatic N) is 2. The Morgan fingerprint density at radius 3 is 2.69 bits per heavy atom. The van der Waals surface area contributed by atoms with Crippen molar-refractivity contribution >= 4 is 11.3 Å². The van der Waals surface area contributed by atoms with Crippen LogP contribution in [0.5, 0.6) is 5.88 Å². The van der Waals surface area contributed by atoms with Crippen molar-refractivity contribution < 1.29 is 5.11 Å². The first-order chi connectivity index (χ1) is 7.75. The van der Waals surface area contributed by atoms with E-state index in [-0.39, 0.29) is 5.88 Å². The summed E-state index contributed by atoms with van der Waals surface area (Å²) < 4.78 is 1.53. The Labute approximate surface area is 91.1 Å². The third-order valence-electron chi connectivity index (χ3n) is 2.49. The Hall–Kier alpha value is -2.43. The van der Waals surface area contributed by atoms with Crippen molar-refractivity contribution in [2.75, 3.05) is 5.73 Å². The van der Waals surface area contributed by atoms with Crippen LogP contribution in [0.2, 0.25) is 0 Å². The van der Waals surface area contributed by atoms with Crippen molar-refractivity contribution in [3.63, 3.8) is 0 Å². The molecule has 0 radical (unpaired) electrons. The molecule has 0 amide bonds. The summed E-state index contributed by atoms with van der Waals surface area (Å²) in [7, 11) is 0. The Balaban J connectivity index is 2.25. The molecule has 4 N–H and O–H groups in total. The fourth-order valence-electron chi connectivity index (χ4n) is 1.74. The standard InChI is InChI=1S/C11H10N4O/c12-9-10(7-4-2-1-3-5-7)14-15-6-8(16)13-11(9)15/h1-6,13,16H,12H2. The van der Waals surface area contributed by atoms with Gasteiger partial charge in [0, 0.05) is 5.56 Å². The van der Waals surface area contributed by atoms with Crippen LogP contribution in [0.15, 0.2) is 36.5 Å². The molecule has 5 nitrogen and oxygen atoms in total. The summed E-state index contributed by atoms with van der Waals surface area (Å²) in [6, 6.07) is 9.68. The number of aromatic hydroxyl groups is 1. The van der Waals surface area contributed by atoms with E-state index in [1.165, 1.54) is 10.7 Å². The van der Waals surface area contributed by atoms with Gasteiger partial charge >= 0.3 is 0 Å². The summed E-state index contributed by atoms with van der Waals surface area (Å²) in [5, 5.41) is 13.6. The molecule has 3 aromatic rings. The van der Waals surface area contributed by atoms with Gasteiger partial charge in [0.1, 0.15) is 11.4 Å². The number of aromatic amines is 1. The molecule has 0 fully saturated rings. The number of aromatic nitrogens is 3. The van der Waals surface area contributed by atoms with Crippen molar-refractivity contribution in [3.05, 3.63) is 36.5 Å². The minimum atomic E-state index is 0.0498. The fraction of sp³-hybridized carbons (Fsp3) is 0. The molecule has 0 aliphatic carbocycles. The number of nitrogens with two attached hydrogens (primary N) is 1. The monoisotopic (exact) mass is 214 g/mol. The lowest BCUT2D eigenvalue weighted by Gasteiger charge is -1.96. The maximum atomic E-state index is 9.26. The number of nitrogen functional groups attached to an aromatic ring is 1. The second-order valence-electron chi connectivity index (χ2n) is 3.56. The molecule has 0 aliphatic rings. The molecule has 2 heterocycles. The summed E-state index contributed by atoms with van der Waals surface area (Å²) in [5.41, 5.74) is 8.77. The average molecular weight is 214 g/mol. The van der Waals surface area contributed by atoms with E-state index >= 15 is 0 Å². The SMILES string of the molecule is Nc1c(-c2ccccc2)nn2cc(O)[nH]c12. The van der Waals surface area contributed by atoms with Crippen LogP contribution in [0.25, 0.3) is 16.9 Å². The molecule has 3 rings (SSSR count). The third kappa shape index (κ3) is 1.15. The van der Waals surface area contributed by atoms with Gasteiger partial charge in [-0.3, -0.25) is 0 Å². The highest BCUT2D eigenvalue weighted by Gasteiger charge is 2.13. The van der Waals surface area contributed by atoms with Crippen LogP contribution < -0.4 is 5.73 Å². The number of hydrogen-bond acceptors (Lipinski definition) is 3. The van der Waals surface area contributed by atoms with Gasteiger partial charge in [-0.25, -0.2) is 4.52 Å². The molecule has 0 unspecified atom stereocenters. The normalized spacial score (nSPS) is 11.0. The van der Waals surface area contributed by atoms with E-state index in [2.05, 4.69) is 10.1 Å². The Bertz CT molecular complexity index is 639. The van der Waals surface area contributed by atoms with E-state index in [9.17, 15) is 5.11 Å². The largest absolute Gasteiger partial charge is 0.493 e. The lowest BCUT2D eigenvalue weighted by Crippen LogP contribution is -1.87. The van der Waals surface area contributed by atoms with Crippen LogP contribution in [0, 0.1) is 0 Å². The fourth-order valence-corrected chi connectivity index (χ4v) is 1.74. The molecule has 0 bridgehead atoms. The lowest BCUT2D eigenvalue weighted by molar-refractivity contribution is 0.456. The number of benzene rings is 1. The van der Waals surface area contributed by atoms with Crippen LogP contribution in [0.3, 0.4) is 0 Å². The molecule has 1 aromatic carbocycles. The Morgan fingerprint density at radius 1 is 1.25 bits per heavy atom. The third-order valence-corrected chi connectivity index (χ3v) is 2.49. The zero-order chi connectivity index (χ0) is 11.1. The molecule has 2 aromatic heterocycles. The quantitative estimate of drug-likeness (QED) is 0.575. The summed E-state index contributed by atoms with van der Waals surface area (Å²) in [4.78, 5) is 2.75. The topological polar surface area (TPSA) is 79.3 Å². The van der Waals surface area contributed by atoms with Crippen molar-refractivity contribution in [1.29, 1.82) is 0 Å². The van der Waals surface area contributed by atoms with Crippen LogP contribution in [0.4, 0.5) is 5.69 Å². The van der Waals surface area contributed by atoms with E-state index in [4.69, 9.17) is 5.73 Å². The zero-order valence-electron chi connectivity index (χ0n) is 8.38. The van der Waals surface area contributed by atoms with Gasteiger partial charge in [-0.1, -0.05) is 30.3 Å². The van der Waals surface area contributed by atoms with Gasteiger partial charge in [-0.05, 0) is 0 Å². The molecular weight excluding hydrogens is 204 g/mol. The predicted molar refractivity (Wildman–Crippen MR) is 61.1 cm³/mol. The molecule has 5 heteroatoms. The Kier molecular flexibility index (Phi) is 1.67. The first-order valence-corrected chi connectivity index (χ1v) is 4.87. The van der Waals surface area contributed by atoms with Crippen molar-refractivity contribution in [1.82, 2.24) is 14.6 Å². The zero-order valence-corrected chi connectivity index (χ0v) is 8.38. The molecular formula is C11H10N4O. The van der Waals surface area contributed by atoms with E-state index in [1.807, 2.05) is 30.3 Å². The van der Waals surface area contributed by atoms with Gasteiger partial charge in [0.15, 0.2) is 5.65 Å². The molecule has 16 heavy (non-hydrogen) atoms. The van der Waals surface area contributed by atoms with Gasteiger partial charge in [0.05, 0.1) is 6.20 Å². The average Bonchev–Trinajstić information content (AvgIpc) is 2.79. The van der Waals surface area contributed by atoms with Crippen molar-refractivity contribution in [3.8, 4) is 17.1 Å². The summed E-state index contributed by atoms with van der Waals surface area (Å²) >= 11 is 0. The minimum absolute atomic E-state index is 0.0498. The first kappa shape index (κ1) is 8.84. The number of anilines is 1. The second-order valence-corrected chi connectivity index (χ2v) is 3.56. The van der Waals surface area contributed by atoms with Crippen LogP contribution in [-0.4, -0.2) is 19.7 Å². The number of H-pyrrole nitrogens is 1. The van der Waals surface area contributed by atoms with E-state index in [0.717, 1.165) is 5.56 Å². The molecule has 0 saturated heterocycles.